The van der Waals surface area contributed by atoms with E-state index in [2.05, 4.69) is 10.2 Å². The first-order valence-electron chi connectivity index (χ1n) is 7.20. The van der Waals surface area contributed by atoms with Gasteiger partial charge in [-0.1, -0.05) is 13.3 Å². The average Bonchev–Trinajstić information content (AvgIpc) is 2.40. The van der Waals surface area contributed by atoms with Gasteiger partial charge in [0.05, 0.1) is 5.41 Å². The molecule has 0 aromatic carbocycles. The van der Waals surface area contributed by atoms with Gasteiger partial charge in [0.15, 0.2) is 0 Å². The second-order valence-corrected chi connectivity index (χ2v) is 5.45. The molecule has 1 heterocycles. The summed E-state index contributed by atoms with van der Waals surface area (Å²) < 4.78 is 0. The van der Waals surface area contributed by atoms with Gasteiger partial charge in [0.1, 0.15) is 0 Å². The monoisotopic (exact) mass is 270 g/mol. The van der Waals surface area contributed by atoms with Crippen LogP contribution < -0.4 is 5.32 Å². The number of aliphatic carboxylic acids is 1. The minimum Gasteiger partial charge on any atom is -0.481 e. The molecule has 0 saturated carbocycles. The summed E-state index contributed by atoms with van der Waals surface area (Å²) in [5.41, 5.74) is -0.508. The number of hydrogen-bond donors (Lipinski definition) is 2. The lowest BCUT2D eigenvalue weighted by molar-refractivity contribution is -0.152. The Balaban J connectivity index is 2.35. The quantitative estimate of drug-likeness (QED) is 0.735. The fourth-order valence-corrected chi connectivity index (χ4v) is 2.84. The van der Waals surface area contributed by atoms with Gasteiger partial charge in [0.25, 0.3) is 0 Å². The number of likely N-dealkylation sites (tertiary alicyclic amines) is 1. The number of amides is 1. The third-order valence-electron chi connectivity index (χ3n) is 4.15. The zero-order valence-corrected chi connectivity index (χ0v) is 12.1. The molecular formula is C14H26N2O3. The molecule has 1 aliphatic rings. The van der Waals surface area contributed by atoms with Crippen LogP contribution in [0.5, 0.6) is 0 Å². The Labute approximate surface area is 115 Å². The molecule has 1 rings (SSSR count). The summed E-state index contributed by atoms with van der Waals surface area (Å²) in [7, 11) is 1.65. The normalized spacial score (nSPS) is 19.1. The van der Waals surface area contributed by atoms with Crippen LogP contribution in [0.4, 0.5) is 0 Å². The Morgan fingerprint density at radius 2 is 1.95 bits per heavy atom. The number of rotatable bonds is 7. The number of carboxylic acid groups (broad SMARTS) is 1. The first-order valence-corrected chi connectivity index (χ1v) is 7.20. The number of nitrogens with one attached hydrogen (secondary N) is 1. The smallest absolute Gasteiger partial charge is 0.309 e. The molecule has 0 atom stereocenters. The Morgan fingerprint density at radius 3 is 2.42 bits per heavy atom. The molecule has 1 aliphatic heterocycles. The van der Waals surface area contributed by atoms with Crippen LogP contribution in [0.15, 0.2) is 0 Å². The van der Waals surface area contributed by atoms with Crippen molar-refractivity contribution in [3.8, 4) is 0 Å². The van der Waals surface area contributed by atoms with Gasteiger partial charge in [0, 0.05) is 13.5 Å². The number of piperidine rings is 1. The van der Waals surface area contributed by atoms with Crippen molar-refractivity contribution in [1.82, 2.24) is 10.2 Å². The van der Waals surface area contributed by atoms with Gasteiger partial charge in [-0.25, -0.2) is 0 Å². The number of nitrogens with zero attached hydrogens (tertiary/aromatic N) is 1. The van der Waals surface area contributed by atoms with Crippen molar-refractivity contribution in [3.63, 3.8) is 0 Å². The van der Waals surface area contributed by atoms with Crippen LogP contribution in [-0.4, -0.2) is 48.6 Å². The van der Waals surface area contributed by atoms with E-state index in [9.17, 15) is 14.7 Å². The van der Waals surface area contributed by atoms with Crippen LogP contribution in [0.3, 0.4) is 0 Å². The minimum absolute atomic E-state index is 0.0721. The van der Waals surface area contributed by atoms with Crippen molar-refractivity contribution < 1.29 is 14.7 Å². The number of carbonyl (C=O) groups is 2. The molecule has 19 heavy (non-hydrogen) atoms. The summed E-state index contributed by atoms with van der Waals surface area (Å²) in [5.74, 6) is -0.567. The van der Waals surface area contributed by atoms with E-state index < -0.39 is 11.4 Å². The van der Waals surface area contributed by atoms with E-state index in [1.54, 1.807) is 7.05 Å². The molecule has 0 radical (unpaired) electrons. The van der Waals surface area contributed by atoms with Crippen molar-refractivity contribution in [2.24, 2.45) is 5.41 Å². The second-order valence-electron chi connectivity index (χ2n) is 5.45. The third-order valence-corrected chi connectivity index (χ3v) is 4.15. The van der Waals surface area contributed by atoms with Gasteiger partial charge >= 0.3 is 5.97 Å². The van der Waals surface area contributed by atoms with E-state index in [1.165, 1.54) is 0 Å². The number of carboxylic acids is 1. The summed E-state index contributed by atoms with van der Waals surface area (Å²) in [6, 6.07) is 0. The van der Waals surface area contributed by atoms with Gasteiger partial charge in [-0.15, -0.1) is 0 Å². The molecule has 0 bridgehead atoms. The standard InChI is InChI=1S/C14H26N2O3/c1-3-6-14(13(18)19)7-10-16(11-8-14)9-4-5-12(17)15-2/h3-11H2,1-2H3,(H,15,17)(H,18,19). The minimum atomic E-state index is -0.639. The molecule has 1 amide bonds. The predicted molar refractivity (Wildman–Crippen MR) is 74.0 cm³/mol. The van der Waals surface area contributed by atoms with Crippen LogP contribution in [0.1, 0.15) is 45.4 Å². The molecular weight excluding hydrogens is 244 g/mol. The van der Waals surface area contributed by atoms with E-state index >= 15 is 0 Å². The Bertz CT molecular complexity index is 310. The zero-order chi connectivity index (χ0) is 14.3. The van der Waals surface area contributed by atoms with Crippen molar-refractivity contribution in [1.29, 1.82) is 0 Å². The summed E-state index contributed by atoms with van der Waals surface area (Å²) in [4.78, 5) is 24.8. The predicted octanol–water partition coefficient (Wildman–Crippen LogP) is 1.48. The van der Waals surface area contributed by atoms with Crippen molar-refractivity contribution in [2.45, 2.75) is 45.4 Å². The summed E-state index contributed by atoms with van der Waals surface area (Å²) >= 11 is 0. The van der Waals surface area contributed by atoms with Crippen LogP contribution in [-0.2, 0) is 9.59 Å². The third kappa shape index (κ3) is 4.49. The van der Waals surface area contributed by atoms with Gasteiger partial charge < -0.3 is 15.3 Å². The fourth-order valence-electron chi connectivity index (χ4n) is 2.84. The molecule has 0 aromatic heterocycles. The largest absolute Gasteiger partial charge is 0.481 e. The lowest BCUT2D eigenvalue weighted by Gasteiger charge is -2.38. The zero-order valence-electron chi connectivity index (χ0n) is 12.1. The summed E-state index contributed by atoms with van der Waals surface area (Å²) in [5, 5.41) is 12.0. The Kier molecular flexibility index (Phi) is 6.28. The highest BCUT2D eigenvalue weighted by molar-refractivity contribution is 5.75. The van der Waals surface area contributed by atoms with E-state index in [4.69, 9.17) is 0 Å². The highest BCUT2D eigenvalue weighted by atomic mass is 16.4. The molecule has 0 spiro atoms. The maximum absolute atomic E-state index is 11.4. The Morgan fingerprint density at radius 1 is 1.32 bits per heavy atom. The maximum Gasteiger partial charge on any atom is 0.309 e. The molecule has 1 saturated heterocycles. The topological polar surface area (TPSA) is 69.6 Å². The molecule has 1 fully saturated rings. The maximum atomic E-state index is 11.4. The number of hydrogen-bond acceptors (Lipinski definition) is 3. The van der Waals surface area contributed by atoms with E-state index in [0.29, 0.717) is 6.42 Å². The van der Waals surface area contributed by atoms with E-state index in [0.717, 1.165) is 51.7 Å². The van der Waals surface area contributed by atoms with Gasteiger partial charge in [-0.2, -0.15) is 0 Å². The lowest BCUT2D eigenvalue weighted by atomic mass is 9.75. The van der Waals surface area contributed by atoms with Gasteiger partial charge in [0.2, 0.25) is 5.91 Å². The van der Waals surface area contributed by atoms with Crippen LogP contribution in [0, 0.1) is 5.41 Å². The van der Waals surface area contributed by atoms with Crippen molar-refractivity contribution >= 4 is 11.9 Å². The highest BCUT2D eigenvalue weighted by Gasteiger charge is 2.40. The molecule has 0 aromatic rings. The first kappa shape index (κ1) is 16.0. The van der Waals surface area contributed by atoms with Crippen molar-refractivity contribution in [2.75, 3.05) is 26.7 Å². The molecule has 5 heteroatoms. The molecule has 5 nitrogen and oxygen atoms in total. The van der Waals surface area contributed by atoms with Crippen LogP contribution in [0.25, 0.3) is 0 Å². The number of carbonyl (C=O) groups excluding carboxylic acids is 1. The Hall–Kier alpha value is -1.10. The highest BCUT2D eigenvalue weighted by Crippen LogP contribution is 2.36. The molecule has 0 unspecified atom stereocenters. The van der Waals surface area contributed by atoms with Gasteiger partial charge in [-0.05, 0) is 45.3 Å². The van der Waals surface area contributed by atoms with Crippen molar-refractivity contribution in [3.05, 3.63) is 0 Å². The van der Waals surface area contributed by atoms with Gasteiger partial charge in [-0.3, -0.25) is 9.59 Å². The summed E-state index contributed by atoms with van der Waals surface area (Å²) in [6.07, 6.45) is 4.54. The van der Waals surface area contributed by atoms with Crippen LogP contribution >= 0.6 is 0 Å². The first-order chi connectivity index (χ1) is 9.04. The average molecular weight is 270 g/mol. The molecule has 2 N–H and O–H groups in total. The second kappa shape index (κ2) is 7.48. The molecule has 110 valence electrons. The fraction of sp³-hybridized carbons (Fsp3) is 0.857. The lowest BCUT2D eigenvalue weighted by Crippen LogP contribution is -2.44. The van der Waals surface area contributed by atoms with Crippen LogP contribution in [0.2, 0.25) is 0 Å². The summed E-state index contributed by atoms with van der Waals surface area (Å²) in [6.45, 7) is 4.59. The van der Waals surface area contributed by atoms with E-state index in [-0.39, 0.29) is 5.91 Å². The van der Waals surface area contributed by atoms with E-state index in [1.807, 2.05) is 6.92 Å². The molecule has 0 aliphatic carbocycles. The SMILES string of the molecule is CCCC1(C(=O)O)CCN(CCCC(=O)NC)CC1.